The minimum Gasteiger partial charge on any atom is -0.370 e. The van der Waals surface area contributed by atoms with Gasteiger partial charge in [-0.3, -0.25) is 4.79 Å². The Kier molecular flexibility index (Phi) is 5.13. The number of anilines is 3. The zero-order chi connectivity index (χ0) is 15.2. The number of nitrogens with one attached hydrogen (secondary N) is 2. The Hall–Kier alpha value is -2.12. The zero-order valence-corrected chi connectivity index (χ0v) is 12.6. The molecule has 21 heavy (non-hydrogen) atoms. The van der Waals surface area contributed by atoms with Crippen LogP contribution in [0.25, 0.3) is 0 Å². The number of nitrogens with two attached hydrogens (primary N) is 1. The lowest BCUT2D eigenvalue weighted by Crippen LogP contribution is -2.32. The summed E-state index contributed by atoms with van der Waals surface area (Å²) in [5.41, 5.74) is 5.20. The molecule has 1 aliphatic rings. The molecule has 2 heterocycles. The number of aromatic nitrogens is 3. The summed E-state index contributed by atoms with van der Waals surface area (Å²) in [4.78, 5) is 26.2. The summed E-state index contributed by atoms with van der Waals surface area (Å²) < 4.78 is 0. The first-order valence-electron chi connectivity index (χ1n) is 7.32. The lowest BCUT2D eigenvalue weighted by atomic mass is 10.1. The average molecular weight is 293 g/mol. The third-order valence-corrected chi connectivity index (χ3v) is 3.37. The van der Waals surface area contributed by atoms with E-state index < -0.39 is 0 Å². The number of amides is 1. The van der Waals surface area contributed by atoms with Crippen LogP contribution in [0, 0.1) is 0 Å². The van der Waals surface area contributed by atoms with Crippen LogP contribution >= 0.6 is 0 Å². The normalized spacial score (nSPS) is 16.4. The van der Waals surface area contributed by atoms with Crippen molar-refractivity contribution in [3.8, 4) is 0 Å². The van der Waals surface area contributed by atoms with Crippen molar-refractivity contribution in [3.05, 3.63) is 0 Å². The topological polar surface area (TPSA) is 109 Å². The van der Waals surface area contributed by atoms with Gasteiger partial charge in [0, 0.05) is 32.6 Å². The molecule has 1 aromatic rings. The molecule has 2 rings (SSSR count). The van der Waals surface area contributed by atoms with Crippen LogP contribution in [0.5, 0.6) is 0 Å². The van der Waals surface area contributed by atoms with Crippen molar-refractivity contribution in [2.24, 2.45) is 5.73 Å². The molecule has 0 aliphatic carbocycles. The largest absolute Gasteiger partial charge is 0.370 e. The van der Waals surface area contributed by atoms with Crippen molar-refractivity contribution >= 4 is 23.8 Å². The summed E-state index contributed by atoms with van der Waals surface area (Å²) in [5.74, 6) is 1.29. The van der Waals surface area contributed by atoms with E-state index in [4.69, 9.17) is 5.73 Å². The van der Waals surface area contributed by atoms with E-state index in [1.54, 1.807) is 7.05 Å². The van der Waals surface area contributed by atoms with Crippen molar-refractivity contribution in [3.63, 3.8) is 0 Å². The smallest absolute Gasteiger partial charge is 0.231 e. The van der Waals surface area contributed by atoms with Gasteiger partial charge in [-0.05, 0) is 26.2 Å². The maximum atomic E-state index is 10.9. The van der Waals surface area contributed by atoms with Gasteiger partial charge in [0.05, 0.1) is 0 Å². The molecule has 0 aromatic carbocycles. The minimum atomic E-state index is -0.353. The van der Waals surface area contributed by atoms with Crippen LogP contribution in [-0.2, 0) is 4.79 Å². The Morgan fingerprint density at radius 1 is 1.24 bits per heavy atom. The van der Waals surface area contributed by atoms with Gasteiger partial charge in [0.25, 0.3) is 0 Å². The average Bonchev–Trinajstić information content (AvgIpc) is 2.46. The number of hydrogen-bond donors (Lipinski definition) is 3. The molecule has 116 valence electrons. The number of carbonyl (C=O) groups excluding carboxylic acids is 1. The molecular weight excluding hydrogens is 270 g/mol. The van der Waals surface area contributed by atoms with Crippen LogP contribution in [0.3, 0.4) is 0 Å². The fourth-order valence-electron chi connectivity index (χ4n) is 2.35. The van der Waals surface area contributed by atoms with Gasteiger partial charge in [-0.15, -0.1) is 0 Å². The highest BCUT2D eigenvalue weighted by Gasteiger charge is 2.17. The van der Waals surface area contributed by atoms with Gasteiger partial charge in [-0.2, -0.15) is 15.0 Å². The van der Waals surface area contributed by atoms with Crippen LogP contribution < -0.4 is 21.3 Å². The van der Waals surface area contributed by atoms with Crippen molar-refractivity contribution in [2.75, 3.05) is 35.7 Å². The Morgan fingerprint density at radius 2 is 1.90 bits per heavy atom. The molecule has 1 unspecified atom stereocenters. The van der Waals surface area contributed by atoms with E-state index in [2.05, 4.69) is 30.5 Å². The second kappa shape index (κ2) is 7.05. The van der Waals surface area contributed by atoms with Gasteiger partial charge in [0.2, 0.25) is 23.8 Å². The van der Waals surface area contributed by atoms with E-state index in [0.717, 1.165) is 25.9 Å². The molecule has 8 heteroatoms. The predicted octanol–water partition coefficient (Wildman–Crippen LogP) is 0.579. The number of primary amides is 1. The maximum absolute atomic E-state index is 10.9. The first-order chi connectivity index (χ1) is 10.1. The lowest BCUT2D eigenvalue weighted by Gasteiger charge is -2.27. The number of rotatable bonds is 6. The number of nitrogens with zero attached hydrogens (tertiary/aromatic N) is 4. The molecular formula is C13H23N7O. The molecule has 1 atom stereocenters. The second-order valence-corrected chi connectivity index (χ2v) is 5.30. The Morgan fingerprint density at radius 3 is 2.52 bits per heavy atom. The van der Waals surface area contributed by atoms with E-state index in [-0.39, 0.29) is 18.4 Å². The summed E-state index contributed by atoms with van der Waals surface area (Å²) in [5, 5.41) is 6.04. The highest BCUT2D eigenvalue weighted by atomic mass is 16.1. The van der Waals surface area contributed by atoms with E-state index >= 15 is 0 Å². The minimum absolute atomic E-state index is 0.121. The van der Waals surface area contributed by atoms with Crippen molar-refractivity contribution in [1.29, 1.82) is 0 Å². The summed E-state index contributed by atoms with van der Waals surface area (Å²) in [6.07, 6.45) is 3.80. The zero-order valence-electron chi connectivity index (χ0n) is 12.6. The van der Waals surface area contributed by atoms with E-state index in [1.807, 2.05) is 6.92 Å². The van der Waals surface area contributed by atoms with E-state index in [0.29, 0.717) is 17.8 Å². The van der Waals surface area contributed by atoms with Gasteiger partial charge in [0.15, 0.2) is 0 Å². The summed E-state index contributed by atoms with van der Waals surface area (Å²) >= 11 is 0. The van der Waals surface area contributed by atoms with Crippen LogP contribution in [-0.4, -0.2) is 47.0 Å². The van der Waals surface area contributed by atoms with Crippen molar-refractivity contribution in [1.82, 2.24) is 15.0 Å². The first kappa shape index (κ1) is 15.3. The van der Waals surface area contributed by atoms with Gasteiger partial charge in [0.1, 0.15) is 0 Å². The van der Waals surface area contributed by atoms with Gasteiger partial charge >= 0.3 is 0 Å². The standard InChI is InChI=1S/C13H23N7O/c1-9(8-10(14)21)16-12-17-11(15-2)18-13(19-12)20-6-4-3-5-7-20/h9H,3-8H2,1-2H3,(H2,14,21)(H2,15,16,17,18,19). The Labute approximate surface area is 124 Å². The first-order valence-corrected chi connectivity index (χ1v) is 7.32. The summed E-state index contributed by atoms with van der Waals surface area (Å²) in [6.45, 7) is 3.79. The van der Waals surface area contributed by atoms with Crippen LogP contribution in [0.1, 0.15) is 32.6 Å². The van der Waals surface area contributed by atoms with Crippen LogP contribution in [0.4, 0.5) is 17.8 Å². The molecule has 1 fully saturated rings. The van der Waals surface area contributed by atoms with Gasteiger partial charge in [-0.1, -0.05) is 0 Å². The molecule has 4 N–H and O–H groups in total. The second-order valence-electron chi connectivity index (χ2n) is 5.30. The van der Waals surface area contributed by atoms with E-state index in [9.17, 15) is 4.79 Å². The van der Waals surface area contributed by atoms with Crippen LogP contribution in [0.15, 0.2) is 0 Å². The molecule has 0 saturated carbocycles. The molecule has 0 bridgehead atoms. The molecule has 1 saturated heterocycles. The summed E-state index contributed by atoms with van der Waals surface area (Å²) in [6, 6.07) is -0.121. The monoisotopic (exact) mass is 293 g/mol. The number of carbonyl (C=O) groups is 1. The molecule has 8 nitrogen and oxygen atoms in total. The third-order valence-electron chi connectivity index (χ3n) is 3.37. The van der Waals surface area contributed by atoms with Crippen molar-refractivity contribution in [2.45, 2.75) is 38.6 Å². The Bertz CT molecular complexity index is 487. The maximum Gasteiger partial charge on any atom is 0.231 e. The molecule has 1 aromatic heterocycles. The highest BCUT2D eigenvalue weighted by Crippen LogP contribution is 2.18. The van der Waals surface area contributed by atoms with E-state index in [1.165, 1.54) is 6.42 Å². The fraction of sp³-hybridized carbons (Fsp3) is 0.692. The Balaban J connectivity index is 2.14. The number of piperidine rings is 1. The van der Waals surface area contributed by atoms with Gasteiger partial charge in [-0.25, -0.2) is 0 Å². The molecule has 1 amide bonds. The molecule has 1 aliphatic heterocycles. The van der Waals surface area contributed by atoms with Crippen molar-refractivity contribution < 1.29 is 4.79 Å². The van der Waals surface area contributed by atoms with Gasteiger partial charge < -0.3 is 21.3 Å². The predicted molar refractivity (Wildman–Crippen MR) is 82.3 cm³/mol. The highest BCUT2D eigenvalue weighted by molar-refractivity contribution is 5.74. The lowest BCUT2D eigenvalue weighted by molar-refractivity contribution is -0.118. The molecule has 0 radical (unpaired) electrons. The fourth-order valence-corrected chi connectivity index (χ4v) is 2.35. The third kappa shape index (κ3) is 4.44. The summed E-state index contributed by atoms with van der Waals surface area (Å²) in [7, 11) is 1.77. The number of hydrogen-bond acceptors (Lipinski definition) is 7. The quantitative estimate of drug-likeness (QED) is 0.703. The SMILES string of the molecule is CNc1nc(NC(C)CC(N)=O)nc(N2CCCCC2)n1. The molecule has 0 spiro atoms. The van der Waals surface area contributed by atoms with Crippen LogP contribution in [0.2, 0.25) is 0 Å².